The van der Waals surface area contributed by atoms with Gasteiger partial charge in [-0.25, -0.2) is 0 Å². The fraction of sp³-hybridized carbons (Fsp3) is 0.562. The second-order valence-electron chi connectivity index (χ2n) is 5.73. The summed E-state index contributed by atoms with van der Waals surface area (Å²) in [4.78, 5) is 17.8. The van der Waals surface area contributed by atoms with Crippen molar-refractivity contribution in [2.45, 2.75) is 32.2 Å². The first-order valence-corrected chi connectivity index (χ1v) is 8.27. The minimum Gasteiger partial charge on any atom is -0.399 e. The summed E-state index contributed by atoms with van der Waals surface area (Å²) in [5, 5.41) is 14.8. The Balaban J connectivity index is 2.33. The van der Waals surface area contributed by atoms with Gasteiger partial charge in [0, 0.05) is 48.5 Å². The van der Waals surface area contributed by atoms with Gasteiger partial charge in [-0.3, -0.25) is 10.1 Å². The molecule has 0 amide bonds. The van der Waals surface area contributed by atoms with Gasteiger partial charge >= 0.3 is 0 Å². The zero-order chi connectivity index (χ0) is 16.8. The van der Waals surface area contributed by atoms with Gasteiger partial charge in [0.05, 0.1) is 6.21 Å². The third kappa shape index (κ3) is 4.34. The van der Waals surface area contributed by atoms with E-state index >= 15 is 0 Å². The van der Waals surface area contributed by atoms with Crippen LogP contribution >= 0.6 is 11.6 Å². The van der Waals surface area contributed by atoms with E-state index in [1.807, 2.05) is 6.07 Å². The number of rotatable bonds is 8. The molecule has 6 nitrogen and oxygen atoms in total. The van der Waals surface area contributed by atoms with Gasteiger partial charge in [0.15, 0.2) is 0 Å². The van der Waals surface area contributed by atoms with E-state index in [0.29, 0.717) is 12.3 Å². The first kappa shape index (κ1) is 17.5. The van der Waals surface area contributed by atoms with E-state index in [1.54, 1.807) is 13.1 Å². The normalized spacial score (nSPS) is 15.0. The molecule has 1 aliphatic heterocycles. The Morgan fingerprint density at radius 1 is 1.57 bits per heavy atom. The average molecular weight is 340 g/mol. The fourth-order valence-corrected chi connectivity index (χ4v) is 3.07. The molecule has 1 heterocycles. The number of hydrogen-bond acceptors (Lipinski definition) is 5. The van der Waals surface area contributed by atoms with Crippen LogP contribution in [0.3, 0.4) is 0 Å². The van der Waals surface area contributed by atoms with E-state index in [0.717, 1.165) is 42.7 Å². The van der Waals surface area contributed by atoms with E-state index in [-0.39, 0.29) is 4.92 Å². The highest BCUT2D eigenvalue weighted by Gasteiger charge is 2.24. The molecule has 0 aromatic heterocycles. The molecule has 2 rings (SSSR count). The lowest BCUT2D eigenvalue weighted by molar-refractivity contribution is -0.517. The molecular weight excluding hydrogens is 318 g/mol. The molecule has 7 heteroatoms. The van der Waals surface area contributed by atoms with Crippen molar-refractivity contribution in [3.63, 3.8) is 0 Å². The molecule has 0 aliphatic carbocycles. The summed E-state index contributed by atoms with van der Waals surface area (Å²) in [6.45, 7) is 3.46. The highest BCUT2D eigenvalue weighted by atomic mass is 35.5. The van der Waals surface area contributed by atoms with E-state index in [4.69, 9.17) is 16.4 Å². The average Bonchev–Trinajstić information content (AvgIpc) is 2.93. The van der Waals surface area contributed by atoms with Crippen LogP contribution in [0.4, 0.5) is 5.69 Å². The Morgan fingerprint density at radius 2 is 2.35 bits per heavy atom. The zero-order valence-electron chi connectivity index (χ0n) is 13.5. The Labute approximate surface area is 141 Å². The highest BCUT2D eigenvalue weighted by molar-refractivity contribution is 6.17. The molecule has 0 saturated heterocycles. The van der Waals surface area contributed by atoms with Gasteiger partial charge in [0.1, 0.15) is 7.11 Å². The largest absolute Gasteiger partial charge is 0.399 e. The molecule has 23 heavy (non-hydrogen) atoms. The summed E-state index contributed by atoms with van der Waals surface area (Å²) in [5.74, 6) is 0.631. The molecule has 1 aromatic carbocycles. The van der Waals surface area contributed by atoms with Crippen LogP contribution in [0.15, 0.2) is 17.3 Å². The monoisotopic (exact) mass is 339 g/mol. The predicted octanol–water partition coefficient (Wildman–Crippen LogP) is 2.87. The van der Waals surface area contributed by atoms with Gasteiger partial charge in [0.25, 0.3) is 0 Å². The smallest absolute Gasteiger partial charge is 0.214 e. The second-order valence-corrected chi connectivity index (χ2v) is 6.11. The molecular formula is C16H22ClN3O3. The third-order valence-corrected chi connectivity index (χ3v) is 4.26. The minimum absolute atomic E-state index is 0.247. The van der Waals surface area contributed by atoms with Crippen LogP contribution in [0.5, 0.6) is 0 Å². The van der Waals surface area contributed by atoms with Gasteiger partial charge < -0.3 is 9.74 Å². The zero-order valence-corrected chi connectivity index (χ0v) is 14.3. The molecule has 1 aliphatic rings. The number of nitrogens with zero attached hydrogens (tertiary/aromatic N) is 3. The van der Waals surface area contributed by atoms with E-state index in [1.165, 1.54) is 12.7 Å². The van der Waals surface area contributed by atoms with Gasteiger partial charge in [-0.1, -0.05) is 11.2 Å². The van der Waals surface area contributed by atoms with Crippen molar-refractivity contribution < 1.29 is 9.76 Å². The Bertz CT molecular complexity index is 592. The van der Waals surface area contributed by atoms with Crippen molar-refractivity contribution in [3.8, 4) is 0 Å². The minimum atomic E-state index is -0.603. The molecule has 126 valence electrons. The summed E-state index contributed by atoms with van der Waals surface area (Å²) >= 11 is 5.81. The van der Waals surface area contributed by atoms with Crippen molar-refractivity contribution in [3.05, 3.63) is 38.9 Å². The first-order valence-electron chi connectivity index (χ1n) is 7.73. The van der Waals surface area contributed by atoms with Crippen molar-refractivity contribution in [2.75, 3.05) is 31.0 Å². The molecule has 0 bridgehead atoms. The van der Waals surface area contributed by atoms with Crippen LogP contribution in [0, 0.1) is 10.1 Å². The Hall–Kier alpha value is -1.82. The number of anilines is 1. The van der Waals surface area contributed by atoms with Gasteiger partial charge in [-0.15, -0.1) is 11.6 Å². The molecule has 1 atom stereocenters. The number of benzene rings is 1. The van der Waals surface area contributed by atoms with Gasteiger partial charge in [0.2, 0.25) is 6.04 Å². The topological polar surface area (TPSA) is 68.0 Å². The number of nitro groups is 1. The van der Waals surface area contributed by atoms with E-state index < -0.39 is 6.04 Å². The molecule has 0 N–H and O–H groups in total. The summed E-state index contributed by atoms with van der Waals surface area (Å²) < 4.78 is 0. The number of halogens is 1. The quantitative estimate of drug-likeness (QED) is 0.316. The van der Waals surface area contributed by atoms with Crippen LogP contribution < -0.4 is 4.90 Å². The first-order chi connectivity index (χ1) is 11.1. The summed E-state index contributed by atoms with van der Waals surface area (Å²) in [6, 6.07) is 3.45. The van der Waals surface area contributed by atoms with Gasteiger partial charge in [-0.2, -0.15) is 0 Å². The molecule has 0 spiro atoms. The SMILES string of the molecule is CON=Cc1cc(CC(C)[N+](=O)[O-])cc2c1N(CCCCl)CC2. The lowest BCUT2D eigenvalue weighted by atomic mass is 9.99. The molecule has 1 aromatic rings. The summed E-state index contributed by atoms with van der Waals surface area (Å²) in [7, 11) is 1.50. The number of hydrogen-bond donors (Lipinski definition) is 0. The number of oxime groups is 1. The van der Waals surface area contributed by atoms with Crippen molar-refractivity contribution in [1.29, 1.82) is 0 Å². The van der Waals surface area contributed by atoms with E-state index in [2.05, 4.69) is 16.1 Å². The highest BCUT2D eigenvalue weighted by Crippen LogP contribution is 2.33. The van der Waals surface area contributed by atoms with E-state index in [9.17, 15) is 10.1 Å². The van der Waals surface area contributed by atoms with Crippen molar-refractivity contribution in [1.82, 2.24) is 0 Å². The Kier molecular flexibility index (Phi) is 6.21. The number of alkyl halides is 1. The lowest BCUT2D eigenvalue weighted by Gasteiger charge is -2.21. The maximum atomic E-state index is 10.9. The maximum absolute atomic E-state index is 10.9. The molecule has 0 fully saturated rings. The molecule has 0 radical (unpaired) electrons. The number of fused-ring (bicyclic) bond motifs is 1. The standard InChI is InChI=1S/C16H22ClN3O3/c1-12(20(21)22)8-13-9-14-4-7-19(6-3-5-17)16(14)15(10-13)11-18-23-2/h9-12H,3-8H2,1-2H3. The maximum Gasteiger partial charge on any atom is 0.214 e. The van der Waals surface area contributed by atoms with Crippen LogP contribution in [0.25, 0.3) is 0 Å². The Morgan fingerprint density at radius 3 is 3.00 bits per heavy atom. The molecule has 0 saturated carbocycles. The summed E-state index contributed by atoms with van der Waals surface area (Å²) in [5.41, 5.74) is 4.27. The van der Waals surface area contributed by atoms with Crippen LogP contribution in [-0.2, 0) is 17.7 Å². The van der Waals surface area contributed by atoms with Crippen molar-refractivity contribution >= 4 is 23.5 Å². The van der Waals surface area contributed by atoms with Crippen LogP contribution in [0.1, 0.15) is 30.0 Å². The third-order valence-electron chi connectivity index (χ3n) is 4.00. The van der Waals surface area contributed by atoms with Crippen molar-refractivity contribution in [2.24, 2.45) is 5.16 Å². The predicted molar refractivity (Wildman–Crippen MR) is 92.5 cm³/mol. The summed E-state index contributed by atoms with van der Waals surface area (Å²) in [6.07, 6.45) is 3.95. The van der Waals surface area contributed by atoms with Crippen LogP contribution in [0.2, 0.25) is 0 Å². The second kappa shape index (κ2) is 8.15. The fourth-order valence-electron chi connectivity index (χ4n) is 2.95. The van der Waals surface area contributed by atoms with Crippen LogP contribution in [-0.4, -0.2) is 43.3 Å². The van der Waals surface area contributed by atoms with Gasteiger partial charge in [-0.05, 0) is 30.0 Å². The lowest BCUT2D eigenvalue weighted by Crippen LogP contribution is -2.23. The molecule has 1 unspecified atom stereocenters.